The Morgan fingerprint density at radius 2 is 1.92 bits per heavy atom. The number of pyridine rings is 2. The first-order chi connectivity index (χ1) is 17.6. The molecule has 4 rings (SSSR count). The molecule has 0 spiro atoms. The van der Waals surface area contributed by atoms with Gasteiger partial charge in [-0.1, -0.05) is 24.4 Å². The fraction of sp³-hybridized carbons (Fsp3) is 0.481. The molecule has 0 aromatic carbocycles. The Labute approximate surface area is 216 Å². The summed E-state index contributed by atoms with van der Waals surface area (Å²) in [5.41, 5.74) is 2.21. The molecule has 10 nitrogen and oxygen atoms in total. The van der Waals surface area contributed by atoms with Gasteiger partial charge in [-0.2, -0.15) is 10.5 Å². The smallest absolute Gasteiger partial charge is 0.270 e. The summed E-state index contributed by atoms with van der Waals surface area (Å²) in [5.74, 6) is 0.737. The van der Waals surface area contributed by atoms with Gasteiger partial charge in [0.25, 0.3) is 5.56 Å². The number of nitriles is 2. The lowest BCUT2D eigenvalue weighted by Crippen LogP contribution is -2.36. The fourth-order valence-corrected chi connectivity index (χ4v) is 4.22. The minimum Gasteiger partial charge on any atom is -0.448 e. The third-order valence-corrected chi connectivity index (χ3v) is 6.20. The van der Waals surface area contributed by atoms with E-state index in [0.717, 1.165) is 31.4 Å². The summed E-state index contributed by atoms with van der Waals surface area (Å²) >= 11 is 0. The van der Waals surface area contributed by atoms with E-state index in [4.69, 9.17) is 14.5 Å². The third-order valence-electron chi connectivity index (χ3n) is 6.20. The van der Waals surface area contributed by atoms with E-state index in [1.54, 1.807) is 25.4 Å². The summed E-state index contributed by atoms with van der Waals surface area (Å²) in [5, 5.41) is 22.5. The monoisotopic (exact) mass is 503 g/mol. The maximum atomic E-state index is 12.6. The molecule has 1 saturated carbocycles. The van der Waals surface area contributed by atoms with Crippen molar-refractivity contribution in [2.45, 2.75) is 71.4 Å². The van der Waals surface area contributed by atoms with E-state index in [1.807, 2.05) is 45.7 Å². The van der Waals surface area contributed by atoms with Crippen molar-refractivity contribution in [2.75, 3.05) is 11.9 Å². The predicted molar refractivity (Wildman–Crippen MR) is 141 cm³/mol. The zero-order valence-electron chi connectivity index (χ0n) is 22.3. The van der Waals surface area contributed by atoms with Crippen LogP contribution in [-0.2, 0) is 11.9 Å². The topological polar surface area (TPSA) is 133 Å². The first kappa shape index (κ1) is 27.4. The molecule has 0 radical (unpaired) electrons. The van der Waals surface area contributed by atoms with Gasteiger partial charge in [0.1, 0.15) is 46.0 Å². The molecule has 3 heterocycles. The van der Waals surface area contributed by atoms with E-state index in [2.05, 4.69) is 21.2 Å². The van der Waals surface area contributed by atoms with E-state index >= 15 is 0 Å². The summed E-state index contributed by atoms with van der Waals surface area (Å²) in [4.78, 5) is 28.1. The van der Waals surface area contributed by atoms with Crippen LogP contribution in [0.3, 0.4) is 0 Å². The molecule has 10 heteroatoms. The average Bonchev–Trinajstić information content (AvgIpc) is 3.29. The highest BCUT2D eigenvalue weighted by atomic mass is 16.6. The first-order valence-corrected chi connectivity index (χ1v) is 12.3. The molecular weight excluding hydrogens is 470 g/mol. The lowest BCUT2D eigenvalue weighted by atomic mass is 9.93. The normalized spacial score (nSPS) is 14.1. The van der Waals surface area contributed by atoms with Crippen LogP contribution in [0, 0.1) is 29.6 Å². The van der Waals surface area contributed by atoms with Crippen molar-refractivity contribution >= 4 is 22.9 Å². The minimum absolute atomic E-state index is 0.0978. The van der Waals surface area contributed by atoms with Crippen LogP contribution >= 0.6 is 0 Å². The fourth-order valence-electron chi connectivity index (χ4n) is 4.22. The van der Waals surface area contributed by atoms with Crippen LogP contribution in [0.1, 0.15) is 75.6 Å². The van der Waals surface area contributed by atoms with Gasteiger partial charge in [0.2, 0.25) is 0 Å². The predicted octanol–water partition coefficient (Wildman–Crippen LogP) is 4.58. The summed E-state index contributed by atoms with van der Waals surface area (Å²) in [7, 11) is 3.55. The number of hydrogen-bond acceptors (Lipinski definition) is 9. The van der Waals surface area contributed by atoms with E-state index in [0.29, 0.717) is 22.4 Å². The van der Waals surface area contributed by atoms with Gasteiger partial charge in [0, 0.05) is 20.1 Å². The summed E-state index contributed by atoms with van der Waals surface area (Å²) < 4.78 is 6.42. The first-order valence-electron chi connectivity index (χ1n) is 12.3. The molecular formula is C27H33N7O3. The second-order valence-corrected chi connectivity index (χ2v) is 10.0. The van der Waals surface area contributed by atoms with Crippen LogP contribution in [0.25, 0.3) is 11.0 Å². The standard InChI is InChI=1S/C18H19N5O.C9H14N2O2/c1-22(13-6-4-3-5-7-13)17-14(11-20)18(24)23(2)15-9-8-12(10-19)21-16(15)17;1-7-8(10-6-12-7)5-11-13-9(2,3)4/h8-9,13H,3-7H2,1-2H3;5-6H,1-4H3/b;11-5+. The van der Waals surface area contributed by atoms with Crippen molar-refractivity contribution in [3.05, 3.63) is 51.6 Å². The zero-order valence-corrected chi connectivity index (χ0v) is 22.3. The Balaban J connectivity index is 0.000000248. The highest BCUT2D eigenvalue weighted by molar-refractivity contribution is 5.92. The molecule has 1 fully saturated rings. The number of anilines is 1. The average molecular weight is 504 g/mol. The van der Waals surface area contributed by atoms with Crippen molar-refractivity contribution < 1.29 is 9.25 Å². The quantitative estimate of drug-likeness (QED) is 0.373. The number of oxazole rings is 1. The second-order valence-electron chi connectivity index (χ2n) is 10.0. The van der Waals surface area contributed by atoms with Gasteiger partial charge in [-0.3, -0.25) is 4.79 Å². The number of fused-ring (bicyclic) bond motifs is 1. The van der Waals surface area contributed by atoms with Crippen molar-refractivity contribution in [1.29, 1.82) is 10.5 Å². The second kappa shape index (κ2) is 11.7. The highest BCUT2D eigenvalue weighted by Crippen LogP contribution is 2.32. The van der Waals surface area contributed by atoms with Gasteiger partial charge in [-0.25, -0.2) is 9.97 Å². The molecule has 0 saturated heterocycles. The maximum Gasteiger partial charge on any atom is 0.270 e. The van der Waals surface area contributed by atoms with Gasteiger partial charge >= 0.3 is 0 Å². The molecule has 37 heavy (non-hydrogen) atoms. The Morgan fingerprint density at radius 1 is 1.22 bits per heavy atom. The van der Waals surface area contributed by atoms with Crippen LogP contribution in [0.5, 0.6) is 0 Å². The molecule has 0 unspecified atom stereocenters. The van der Waals surface area contributed by atoms with E-state index in [-0.39, 0.29) is 28.5 Å². The van der Waals surface area contributed by atoms with Gasteiger partial charge < -0.3 is 18.7 Å². The van der Waals surface area contributed by atoms with E-state index in [9.17, 15) is 10.1 Å². The van der Waals surface area contributed by atoms with Crippen molar-refractivity contribution in [1.82, 2.24) is 14.5 Å². The zero-order chi connectivity index (χ0) is 27.2. The van der Waals surface area contributed by atoms with Gasteiger partial charge in [0.05, 0.1) is 17.4 Å². The molecule has 0 atom stereocenters. The highest BCUT2D eigenvalue weighted by Gasteiger charge is 2.25. The molecule has 1 aliphatic rings. The summed E-state index contributed by atoms with van der Waals surface area (Å²) in [6.45, 7) is 7.62. The third kappa shape index (κ3) is 6.53. The Hall–Kier alpha value is -4.18. The SMILES string of the molecule is CN(c1c(C#N)c(=O)n(C)c2ccc(C#N)nc12)C1CCCCC1.Cc1ocnc1/C=N/OC(C)(C)C. The number of hydrogen-bond donors (Lipinski definition) is 0. The molecule has 1 aliphatic carbocycles. The largest absolute Gasteiger partial charge is 0.448 e. The Bertz CT molecular complexity index is 1410. The van der Waals surface area contributed by atoms with Crippen LogP contribution < -0.4 is 10.5 Å². The summed E-state index contributed by atoms with van der Waals surface area (Å²) in [6.07, 6.45) is 8.53. The lowest BCUT2D eigenvalue weighted by Gasteiger charge is -2.33. The van der Waals surface area contributed by atoms with E-state index in [1.165, 1.54) is 17.4 Å². The molecule has 194 valence electrons. The maximum absolute atomic E-state index is 12.6. The van der Waals surface area contributed by atoms with Crippen molar-refractivity contribution in [3.8, 4) is 12.1 Å². The van der Waals surface area contributed by atoms with Gasteiger partial charge in [0.15, 0.2) is 6.39 Å². The van der Waals surface area contributed by atoms with Crippen molar-refractivity contribution in [3.63, 3.8) is 0 Å². The molecule has 3 aromatic rings. The summed E-state index contributed by atoms with van der Waals surface area (Å²) in [6, 6.07) is 7.70. The Morgan fingerprint density at radius 3 is 2.49 bits per heavy atom. The van der Waals surface area contributed by atoms with Crippen molar-refractivity contribution in [2.24, 2.45) is 12.2 Å². The molecule has 0 amide bonds. The number of rotatable bonds is 4. The number of nitrogens with zero attached hydrogens (tertiary/aromatic N) is 7. The number of oxime groups is 1. The molecule has 0 bridgehead atoms. The molecule has 3 aromatic heterocycles. The van der Waals surface area contributed by atoms with Crippen LogP contribution in [0.2, 0.25) is 0 Å². The minimum atomic E-state index is -0.325. The van der Waals surface area contributed by atoms with Crippen LogP contribution in [0.4, 0.5) is 5.69 Å². The van der Waals surface area contributed by atoms with E-state index < -0.39 is 0 Å². The van der Waals surface area contributed by atoms with Crippen LogP contribution in [0.15, 0.2) is 32.9 Å². The van der Waals surface area contributed by atoms with Crippen LogP contribution in [-0.4, -0.2) is 39.4 Å². The molecule has 0 aliphatic heterocycles. The van der Waals surface area contributed by atoms with Gasteiger partial charge in [-0.05, 0) is 52.7 Å². The lowest BCUT2D eigenvalue weighted by molar-refractivity contribution is 0.00195. The number of aryl methyl sites for hydroxylation is 2. The van der Waals surface area contributed by atoms with Gasteiger partial charge in [-0.15, -0.1) is 0 Å². The molecule has 0 N–H and O–H groups in total. The Kier molecular flexibility index (Phi) is 8.67. The number of aromatic nitrogens is 3.